The van der Waals surface area contributed by atoms with E-state index in [1.807, 2.05) is 13.8 Å². The Labute approximate surface area is 61.4 Å². The first-order valence-electron chi connectivity index (χ1n) is 3.70. The topological polar surface area (TPSA) is 49.3 Å². The molecular weight excluding hydrogens is 130 g/mol. The van der Waals surface area contributed by atoms with Gasteiger partial charge in [0.05, 0.1) is 0 Å². The molecule has 60 valence electrons. The number of rotatable bonds is 1. The summed E-state index contributed by atoms with van der Waals surface area (Å²) < 4.78 is 0. The summed E-state index contributed by atoms with van der Waals surface area (Å²) in [6.45, 7) is 4.77. The van der Waals surface area contributed by atoms with Crippen LogP contribution in [0.25, 0.3) is 0 Å². The molecule has 0 saturated carbocycles. The minimum Gasteiger partial charge on any atom is -0.396 e. The highest BCUT2D eigenvalue weighted by atomic mass is 16.3. The van der Waals surface area contributed by atoms with Crippen molar-refractivity contribution in [1.82, 2.24) is 5.32 Å². The molecule has 0 radical (unpaired) electrons. The Morgan fingerprint density at radius 1 is 1.70 bits per heavy atom. The molecule has 1 unspecified atom stereocenters. The van der Waals surface area contributed by atoms with Gasteiger partial charge in [-0.15, -0.1) is 0 Å². The van der Waals surface area contributed by atoms with E-state index in [1.165, 1.54) is 0 Å². The average Bonchev–Trinajstić information content (AvgIpc) is 2.40. The highest BCUT2D eigenvalue weighted by Gasteiger charge is 2.19. The minimum atomic E-state index is 0.0593. The van der Waals surface area contributed by atoms with Crippen LogP contribution in [0.5, 0.6) is 0 Å². The first-order valence-corrected chi connectivity index (χ1v) is 3.70. The second kappa shape index (κ2) is 5.23. The third kappa shape index (κ3) is 2.82. The van der Waals surface area contributed by atoms with Crippen molar-refractivity contribution in [1.29, 1.82) is 0 Å². The van der Waals surface area contributed by atoms with Crippen LogP contribution < -0.4 is 5.32 Å². The van der Waals surface area contributed by atoms with E-state index in [2.05, 4.69) is 5.32 Å². The standard InChI is InChI=1S/C5H9NO2.C2H6/c7-3-4-1-5(8)6-2-4;1-2/h4,7H,1-3H2,(H,6,8);1-2H3. The van der Waals surface area contributed by atoms with Gasteiger partial charge in [-0.05, 0) is 0 Å². The van der Waals surface area contributed by atoms with Gasteiger partial charge in [0.2, 0.25) is 5.91 Å². The van der Waals surface area contributed by atoms with Crippen LogP contribution in [0, 0.1) is 5.92 Å². The number of nitrogens with one attached hydrogen (secondary N) is 1. The molecule has 1 rings (SSSR count). The van der Waals surface area contributed by atoms with Crippen molar-refractivity contribution in [3.63, 3.8) is 0 Å². The summed E-state index contributed by atoms with van der Waals surface area (Å²) in [5, 5.41) is 11.1. The molecule has 2 N–H and O–H groups in total. The Morgan fingerprint density at radius 3 is 2.50 bits per heavy atom. The number of carbonyl (C=O) groups excluding carboxylic acids is 1. The maximum absolute atomic E-state index is 10.4. The van der Waals surface area contributed by atoms with Gasteiger partial charge >= 0.3 is 0 Å². The molecule has 0 bridgehead atoms. The molecule has 1 atom stereocenters. The fourth-order valence-corrected chi connectivity index (χ4v) is 0.794. The lowest BCUT2D eigenvalue weighted by Gasteiger charge is -1.96. The summed E-state index contributed by atoms with van der Waals surface area (Å²) >= 11 is 0. The van der Waals surface area contributed by atoms with Gasteiger partial charge < -0.3 is 10.4 Å². The SMILES string of the molecule is CC.O=C1CC(CO)CN1. The third-order valence-electron chi connectivity index (χ3n) is 1.32. The average molecular weight is 145 g/mol. The number of amides is 1. The van der Waals surface area contributed by atoms with Crippen molar-refractivity contribution in [2.75, 3.05) is 13.2 Å². The van der Waals surface area contributed by atoms with Gasteiger partial charge in [0.15, 0.2) is 0 Å². The Bertz CT molecular complexity index is 104. The smallest absolute Gasteiger partial charge is 0.220 e. The van der Waals surface area contributed by atoms with Gasteiger partial charge in [-0.1, -0.05) is 13.8 Å². The normalized spacial score (nSPS) is 23.1. The summed E-state index contributed by atoms with van der Waals surface area (Å²) in [4.78, 5) is 10.4. The van der Waals surface area contributed by atoms with E-state index >= 15 is 0 Å². The molecule has 1 aliphatic heterocycles. The van der Waals surface area contributed by atoms with E-state index in [4.69, 9.17) is 5.11 Å². The number of aliphatic hydroxyl groups is 1. The first kappa shape index (κ1) is 9.43. The zero-order chi connectivity index (χ0) is 7.98. The molecule has 1 fully saturated rings. The van der Waals surface area contributed by atoms with Crippen molar-refractivity contribution in [2.24, 2.45) is 5.92 Å². The van der Waals surface area contributed by atoms with Gasteiger partial charge in [0, 0.05) is 25.5 Å². The molecule has 1 aliphatic rings. The molecule has 0 aromatic rings. The quantitative estimate of drug-likeness (QED) is 0.551. The maximum atomic E-state index is 10.4. The highest BCUT2D eigenvalue weighted by Crippen LogP contribution is 2.05. The van der Waals surface area contributed by atoms with Crippen LogP contribution in [0.4, 0.5) is 0 Å². The second-order valence-electron chi connectivity index (χ2n) is 2.06. The van der Waals surface area contributed by atoms with Gasteiger partial charge in [-0.25, -0.2) is 0 Å². The monoisotopic (exact) mass is 145 g/mol. The molecule has 0 aromatic heterocycles. The summed E-state index contributed by atoms with van der Waals surface area (Å²) in [5.74, 6) is 0.228. The summed E-state index contributed by atoms with van der Waals surface area (Å²) in [7, 11) is 0. The van der Waals surface area contributed by atoms with Crippen LogP contribution >= 0.6 is 0 Å². The van der Waals surface area contributed by atoms with Crippen molar-refractivity contribution < 1.29 is 9.90 Å². The third-order valence-corrected chi connectivity index (χ3v) is 1.32. The Kier molecular flexibility index (Phi) is 4.94. The van der Waals surface area contributed by atoms with Gasteiger partial charge in [0.25, 0.3) is 0 Å². The molecule has 10 heavy (non-hydrogen) atoms. The number of hydrogen-bond donors (Lipinski definition) is 2. The van der Waals surface area contributed by atoms with E-state index in [0.717, 1.165) is 0 Å². The number of aliphatic hydroxyl groups excluding tert-OH is 1. The Morgan fingerprint density at radius 2 is 2.30 bits per heavy atom. The minimum absolute atomic E-state index is 0.0593. The van der Waals surface area contributed by atoms with E-state index in [1.54, 1.807) is 0 Å². The van der Waals surface area contributed by atoms with E-state index in [0.29, 0.717) is 13.0 Å². The lowest BCUT2D eigenvalue weighted by Crippen LogP contribution is -2.14. The predicted octanol–water partition coefficient (Wildman–Crippen LogP) is 0.141. The highest BCUT2D eigenvalue weighted by molar-refractivity contribution is 5.78. The second-order valence-corrected chi connectivity index (χ2v) is 2.06. The summed E-state index contributed by atoms with van der Waals surface area (Å²) in [6.07, 6.45) is 0.497. The van der Waals surface area contributed by atoms with Gasteiger partial charge in [-0.3, -0.25) is 4.79 Å². The van der Waals surface area contributed by atoms with E-state index < -0.39 is 0 Å². The molecule has 0 spiro atoms. The van der Waals surface area contributed by atoms with E-state index in [-0.39, 0.29) is 18.4 Å². The molecular formula is C7H15NO2. The van der Waals surface area contributed by atoms with Gasteiger partial charge in [-0.2, -0.15) is 0 Å². The van der Waals surface area contributed by atoms with Crippen LogP contribution in [-0.4, -0.2) is 24.2 Å². The first-order chi connectivity index (χ1) is 4.83. The Balaban J connectivity index is 0.000000371. The van der Waals surface area contributed by atoms with Crippen LogP contribution in [0.3, 0.4) is 0 Å². The molecule has 1 heterocycles. The van der Waals surface area contributed by atoms with Crippen LogP contribution in [0.1, 0.15) is 20.3 Å². The molecule has 1 saturated heterocycles. The van der Waals surface area contributed by atoms with Crippen molar-refractivity contribution in [3.8, 4) is 0 Å². The fourth-order valence-electron chi connectivity index (χ4n) is 0.794. The zero-order valence-corrected chi connectivity index (χ0v) is 6.55. The molecule has 3 heteroatoms. The maximum Gasteiger partial charge on any atom is 0.220 e. The van der Waals surface area contributed by atoms with E-state index in [9.17, 15) is 4.79 Å². The van der Waals surface area contributed by atoms with Crippen molar-refractivity contribution in [3.05, 3.63) is 0 Å². The van der Waals surface area contributed by atoms with Crippen LogP contribution in [0.15, 0.2) is 0 Å². The molecule has 0 aliphatic carbocycles. The van der Waals surface area contributed by atoms with Crippen molar-refractivity contribution >= 4 is 5.91 Å². The molecule has 3 nitrogen and oxygen atoms in total. The lowest BCUT2D eigenvalue weighted by molar-refractivity contribution is -0.119. The van der Waals surface area contributed by atoms with Crippen molar-refractivity contribution in [2.45, 2.75) is 20.3 Å². The number of carbonyl (C=O) groups is 1. The van der Waals surface area contributed by atoms with Gasteiger partial charge in [0.1, 0.15) is 0 Å². The summed E-state index contributed by atoms with van der Waals surface area (Å²) in [5.41, 5.74) is 0. The number of hydrogen-bond acceptors (Lipinski definition) is 2. The molecule has 1 amide bonds. The summed E-state index contributed by atoms with van der Waals surface area (Å²) in [6, 6.07) is 0. The fraction of sp³-hybridized carbons (Fsp3) is 0.857. The molecule has 0 aromatic carbocycles. The zero-order valence-electron chi connectivity index (χ0n) is 6.55. The lowest BCUT2D eigenvalue weighted by atomic mass is 10.1. The van der Waals surface area contributed by atoms with Crippen LogP contribution in [-0.2, 0) is 4.79 Å². The largest absolute Gasteiger partial charge is 0.396 e. The van der Waals surface area contributed by atoms with Crippen LogP contribution in [0.2, 0.25) is 0 Å². The Hall–Kier alpha value is -0.570. The predicted molar refractivity (Wildman–Crippen MR) is 39.6 cm³/mol.